The van der Waals surface area contributed by atoms with Crippen molar-refractivity contribution in [1.29, 1.82) is 0 Å². The molecule has 2 rings (SSSR count). The average Bonchev–Trinajstić information content (AvgIpc) is 2.75. The van der Waals surface area contributed by atoms with Crippen LogP contribution in [0, 0.1) is 15.9 Å². The van der Waals surface area contributed by atoms with Crippen LogP contribution in [0.3, 0.4) is 0 Å². The van der Waals surface area contributed by atoms with Gasteiger partial charge in [-0.1, -0.05) is 51.5 Å². The first-order valence-corrected chi connectivity index (χ1v) is 10.4. The number of benzene rings is 2. The lowest BCUT2D eigenvalue weighted by Crippen LogP contribution is -2.12. The van der Waals surface area contributed by atoms with Crippen LogP contribution in [-0.2, 0) is 4.74 Å². The molecule has 8 heteroatoms. The summed E-state index contributed by atoms with van der Waals surface area (Å²) in [5, 5.41) is 11.0. The van der Waals surface area contributed by atoms with Gasteiger partial charge in [0.05, 0.1) is 22.7 Å². The topological polar surface area (TPSA) is 95.7 Å². The van der Waals surface area contributed by atoms with E-state index in [1.54, 1.807) is 0 Å². The van der Waals surface area contributed by atoms with E-state index in [2.05, 4.69) is 6.92 Å². The minimum Gasteiger partial charge on any atom is -0.462 e. The lowest BCUT2D eigenvalue weighted by molar-refractivity contribution is -0.385. The van der Waals surface area contributed by atoms with Gasteiger partial charge < -0.3 is 9.47 Å². The molecule has 0 aromatic heterocycles. The largest absolute Gasteiger partial charge is 0.462 e. The number of nitrogens with zero attached hydrogens (tertiary/aromatic N) is 1. The molecule has 0 atom stereocenters. The normalized spacial score (nSPS) is 10.5. The molecule has 7 nitrogen and oxygen atoms in total. The van der Waals surface area contributed by atoms with E-state index in [-0.39, 0.29) is 17.7 Å². The lowest BCUT2D eigenvalue weighted by Gasteiger charge is -2.08. The summed E-state index contributed by atoms with van der Waals surface area (Å²) in [6.45, 7) is 2.45. The Balaban J connectivity index is 1.91. The Bertz CT molecular complexity index is 915. The van der Waals surface area contributed by atoms with E-state index in [4.69, 9.17) is 9.47 Å². The molecule has 0 saturated heterocycles. The van der Waals surface area contributed by atoms with Gasteiger partial charge >= 0.3 is 17.6 Å². The number of carbonyl (C=O) groups is 2. The first-order chi connectivity index (χ1) is 14.9. The molecule has 2 aromatic rings. The number of unbranched alkanes of at least 4 members (excludes halogenated alkanes) is 6. The summed E-state index contributed by atoms with van der Waals surface area (Å²) in [5.41, 5.74) is -0.393. The van der Waals surface area contributed by atoms with Crippen LogP contribution in [0.5, 0.6) is 5.75 Å². The Labute approximate surface area is 180 Å². The fourth-order valence-electron chi connectivity index (χ4n) is 2.96. The molecular formula is C23H26FNO6. The maximum Gasteiger partial charge on any atom is 0.343 e. The predicted octanol–water partition coefficient (Wildman–Crippen LogP) is 5.86. The molecule has 0 aliphatic heterocycles. The second kappa shape index (κ2) is 12.4. The van der Waals surface area contributed by atoms with E-state index in [1.165, 1.54) is 49.9 Å². The molecule has 0 aliphatic rings. The summed E-state index contributed by atoms with van der Waals surface area (Å²) < 4.78 is 23.6. The molecule has 0 aliphatic carbocycles. The Hall–Kier alpha value is -3.29. The van der Waals surface area contributed by atoms with Gasteiger partial charge in [0.2, 0.25) is 5.75 Å². The molecule has 0 N–H and O–H groups in total. The first-order valence-electron chi connectivity index (χ1n) is 10.4. The van der Waals surface area contributed by atoms with E-state index in [1.807, 2.05) is 0 Å². The van der Waals surface area contributed by atoms with E-state index in [9.17, 15) is 24.1 Å². The van der Waals surface area contributed by atoms with Crippen molar-refractivity contribution in [2.75, 3.05) is 6.61 Å². The highest BCUT2D eigenvalue weighted by atomic mass is 19.1. The smallest absolute Gasteiger partial charge is 0.343 e. The molecule has 166 valence electrons. The van der Waals surface area contributed by atoms with Gasteiger partial charge in [0.1, 0.15) is 5.82 Å². The number of nitro benzene ring substituents is 1. The van der Waals surface area contributed by atoms with Crippen LogP contribution in [0.25, 0.3) is 0 Å². The zero-order valence-electron chi connectivity index (χ0n) is 17.5. The van der Waals surface area contributed by atoms with E-state index in [0.29, 0.717) is 0 Å². The summed E-state index contributed by atoms with van der Waals surface area (Å²) in [7, 11) is 0. The van der Waals surface area contributed by atoms with Crippen LogP contribution in [0.2, 0.25) is 0 Å². The quantitative estimate of drug-likeness (QED) is 0.137. The van der Waals surface area contributed by atoms with Crippen LogP contribution in [0.1, 0.15) is 72.6 Å². The number of carbonyl (C=O) groups excluding carboxylic acids is 2. The molecule has 0 saturated carbocycles. The molecule has 2 aromatic carbocycles. The summed E-state index contributed by atoms with van der Waals surface area (Å²) in [5.74, 6) is -2.81. The number of rotatable bonds is 12. The SMILES string of the molecule is CCCCCCCCCOC(=O)c1cccc(C(=O)Oc2cc(F)ccc2[N+](=O)[O-])c1. The van der Waals surface area contributed by atoms with Crippen molar-refractivity contribution in [1.82, 2.24) is 0 Å². The summed E-state index contributed by atoms with van der Waals surface area (Å²) in [4.78, 5) is 34.8. The second-order valence-electron chi connectivity index (χ2n) is 7.10. The number of esters is 2. The van der Waals surface area contributed by atoms with Gasteiger partial charge in [-0.2, -0.15) is 0 Å². The van der Waals surface area contributed by atoms with Gasteiger partial charge in [0.15, 0.2) is 0 Å². The third kappa shape index (κ3) is 7.81. The predicted molar refractivity (Wildman–Crippen MR) is 113 cm³/mol. The highest BCUT2D eigenvalue weighted by molar-refractivity contribution is 5.96. The van der Waals surface area contributed by atoms with Crippen LogP contribution >= 0.6 is 0 Å². The van der Waals surface area contributed by atoms with Gasteiger partial charge in [0, 0.05) is 12.1 Å². The summed E-state index contributed by atoms with van der Waals surface area (Å²) >= 11 is 0. The Morgan fingerprint density at radius 3 is 2.26 bits per heavy atom. The third-order valence-corrected chi connectivity index (χ3v) is 4.64. The van der Waals surface area contributed by atoms with Gasteiger partial charge in [0.25, 0.3) is 0 Å². The standard InChI is InChI=1S/C23H26FNO6/c1-2-3-4-5-6-7-8-14-30-22(26)17-10-9-11-18(15-17)23(27)31-21-16-19(24)12-13-20(21)25(28)29/h9-13,15-16H,2-8,14H2,1H3. The molecule has 0 heterocycles. The van der Waals surface area contributed by atoms with Gasteiger partial charge in [-0.15, -0.1) is 0 Å². The molecule has 0 unspecified atom stereocenters. The van der Waals surface area contributed by atoms with Gasteiger partial charge in [-0.05, 0) is 30.7 Å². The Morgan fingerprint density at radius 2 is 1.58 bits per heavy atom. The first kappa shape index (κ1) is 24.0. The molecule has 31 heavy (non-hydrogen) atoms. The van der Waals surface area contributed by atoms with Crippen molar-refractivity contribution in [2.45, 2.75) is 51.9 Å². The zero-order chi connectivity index (χ0) is 22.6. The number of ether oxygens (including phenoxy) is 2. The monoisotopic (exact) mass is 431 g/mol. The van der Waals surface area contributed by atoms with Crippen molar-refractivity contribution in [3.05, 3.63) is 69.5 Å². The van der Waals surface area contributed by atoms with Crippen molar-refractivity contribution < 1.29 is 28.4 Å². The highest BCUT2D eigenvalue weighted by Gasteiger charge is 2.20. The second-order valence-corrected chi connectivity index (χ2v) is 7.10. The number of nitro groups is 1. The highest BCUT2D eigenvalue weighted by Crippen LogP contribution is 2.28. The van der Waals surface area contributed by atoms with E-state index < -0.39 is 34.1 Å². The van der Waals surface area contributed by atoms with Crippen LogP contribution in [0.4, 0.5) is 10.1 Å². The fraction of sp³-hybridized carbons (Fsp3) is 0.391. The van der Waals surface area contributed by atoms with E-state index in [0.717, 1.165) is 37.5 Å². The molecule has 0 radical (unpaired) electrons. The van der Waals surface area contributed by atoms with Gasteiger partial charge in [-0.3, -0.25) is 10.1 Å². The van der Waals surface area contributed by atoms with Crippen molar-refractivity contribution >= 4 is 17.6 Å². The molecule has 0 fully saturated rings. The molecule has 0 bridgehead atoms. The fourth-order valence-corrected chi connectivity index (χ4v) is 2.96. The van der Waals surface area contributed by atoms with Crippen LogP contribution in [-0.4, -0.2) is 23.5 Å². The molecule has 0 amide bonds. The lowest BCUT2D eigenvalue weighted by atomic mass is 10.1. The number of hydrogen-bond donors (Lipinski definition) is 0. The van der Waals surface area contributed by atoms with Gasteiger partial charge in [-0.25, -0.2) is 14.0 Å². The van der Waals surface area contributed by atoms with E-state index >= 15 is 0 Å². The third-order valence-electron chi connectivity index (χ3n) is 4.64. The molecule has 0 spiro atoms. The Morgan fingerprint density at radius 1 is 0.935 bits per heavy atom. The average molecular weight is 431 g/mol. The van der Waals surface area contributed by atoms with Crippen LogP contribution in [0.15, 0.2) is 42.5 Å². The van der Waals surface area contributed by atoms with Crippen LogP contribution < -0.4 is 4.74 Å². The summed E-state index contributed by atoms with van der Waals surface area (Å²) in [6.07, 6.45) is 7.68. The maximum atomic E-state index is 13.4. The minimum absolute atomic E-state index is 0.0102. The van der Waals surface area contributed by atoms with Crippen molar-refractivity contribution in [2.24, 2.45) is 0 Å². The molecular weight excluding hydrogens is 405 g/mol. The van der Waals surface area contributed by atoms with Crippen molar-refractivity contribution in [3.8, 4) is 5.75 Å². The summed E-state index contributed by atoms with van der Waals surface area (Å²) in [6, 6.07) is 8.21. The number of hydrogen-bond acceptors (Lipinski definition) is 6. The Kier molecular flexibility index (Phi) is 9.61. The zero-order valence-corrected chi connectivity index (χ0v) is 17.5. The maximum absolute atomic E-state index is 13.4. The number of halogens is 1. The van der Waals surface area contributed by atoms with Crippen molar-refractivity contribution in [3.63, 3.8) is 0 Å². The minimum atomic E-state index is -0.949.